The van der Waals surface area contributed by atoms with Crippen molar-refractivity contribution in [2.75, 3.05) is 0 Å². The summed E-state index contributed by atoms with van der Waals surface area (Å²) >= 11 is 0. The summed E-state index contributed by atoms with van der Waals surface area (Å²) in [5, 5.41) is 0. The average molecular weight is 232 g/mol. The van der Waals surface area contributed by atoms with Crippen LogP contribution in [0.3, 0.4) is 0 Å². The van der Waals surface area contributed by atoms with Gasteiger partial charge in [0.05, 0.1) is 0 Å². The van der Waals surface area contributed by atoms with Crippen LogP contribution in [0.25, 0.3) is 0 Å². The van der Waals surface area contributed by atoms with E-state index in [2.05, 4.69) is 19.9 Å². The van der Waals surface area contributed by atoms with E-state index in [9.17, 15) is 0 Å². The van der Waals surface area contributed by atoms with Gasteiger partial charge in [0.15, 0.2) is 0 Å². The van der Waals surface area contributed by atoms with Gasteiger partial charge in [0.1, 0.15) is 0 Å². The number of fused-ring (bicyclic) bond motifs is 7. The normalized spacial score (nSPS) is 63.8. The van der Waals surface area contributed by atoms with E-state index in [1.807, 2.05) is 0 Å². The highest BCUT2D eigenvalue weighted by atomic mass is 15.0. The maximum atomic E-state index is 6.63. The molecule has 4 bridgehead atoms. The summed E-state index contributed by atoms with van der Waals surface area (Å²) in [6.07, 6.45) is 7.92. The third kappa shape index (κ3) is 1.01. The van der Waals surface area contributed by atoms with Gasteiger partial charge in [-0.1, -0.05) is 11.6 Å². The first-order valence-electron chi connectivity index (χ1n) is 7.20. The zero-order valence-corrected chi connectivity index (χ0v) is 10.9. The van der Waals surface area contributed by atoms with Gasteiger partial charge in [0.25, 0.3) is 0 Å². The molecule has 0 aromatic carbocycles. The van der Waals surface area contributed by atoms with Crippen LogP contribution in [0, 0.1) is 29.6 Å². The largest absolute Gasteiger partial charge is 0.324 e. The molecule has 94 valence electrons. The smallest absolute Gasteiger partial charge is 0.0340 e. The molecule has 0 heterocycles. The van der Waals surface area contributed by atoms with Crippen LogP contribution < -0.4 is 11.5 Å². The van der Waals surface area contributed by atoms with Crippen LogP contribution in [0.4, 0.5) is 0 Å². The minimum Gasteiger partial charge on any atom is -0.324 e. The van der Waals surface area contributed by atoms with Gasteiger partial charge >= 0.3 is 0 Å². The molecule has 0 amide bonds. The molecule has 17 heavy (non-hydrogen) atoms. The number of hydrogen-bond donors (Lipinski definition) is 2. The Labute approximate surface area is 104 Å². The van der Waals surface area contributed by atoms with Crippen molar-refractivity contribution in [3.05, 3.63) is 11.6 Å². The molecule has 0 saturated heterocycles. The van der Waals surface area contributed by atoms with Crippen molar-refractivity contribution in [1.82, 2.24) is 0 Å². The van der Waals surface area contributed by atoms with Gasteiger partial charge in [0.2, 0.25) is 0 Å². The topological polar surface area (TPSA) is 52.0 Å². The van der Waals surface area contributed by atoms with Crippen LogP contribution in [0.2, 0.25) is 0 Å². The van der Waals surface area contributed by atoms with Crippen LogP contribution in [0.15, 0.2) is 11.6 Å². The first-order chi connectivity index (χ1) is 7.93. The monoisotopic (exact) mass is 232 g/mol. The van der Waals surface area contributed by atoms with E-state index in [1.54, 1.807) is 5.57 Å². The SMILES string of the molecule is CC1(N)C2CC(C3C4C=C(CC4)CC32)C1(C)N. The first-order valence-corrected chi connectivity index (χ1v) is 7.20. The molecule has 0 radical (unpaired) electrons. The summed E-state index contributed by atoms with van der Waals surface area (Å²) in [5.41, 5.74) is 14.7. The second kappa shape index (κ2) is 2.80. The molecule has 0 aromatic rings. The first kappa shape index (κ1) is 10.6. The van der Waals surface area contributed by atoms with Crippen molar-refractivity contribution >= 4 is 0 Å². The summed E-state index contributed by atoms with van der Waals surface area (Å²) in [5.74, 6) is 3.85. The Morgan fingerprint density at radius 1 is 1.18 bits per heavy atom. The van der Waals surface area contributed by atoms with Crippen molar-refractivity contribution in [3.8, 4) is 0 Å². The van der Waals surface area contributed by atoms with Crippen LogP contribution in [0.5, 0.6) is 0 Å². The third-order valence-corrected chi connectivity index (χ3v) is 6.93. The lowest BCUT2D eigenvalue weighted by molar-refractivity contribution is 0.0437. The molecule has 0 aliphatic heterocycles. The summed E-state index contributed by atoms with van der Waals surface area (Å²) in [6, 6.07) is 0. The van der Waals surface area contributed by atoms with Crippen LogP contribution >= 0.6 is 0 Å². The molecule has 2 nitrogen and oxygen atoms in total. The summed E-state index contributed by atoms with van der Waals surface area (Å²) in [6.45, 7) is 4.42. The molecule has 0 spiro atoms. The van der Waals surface area contributed by atoms with E-state index in [0.29, 0.717) is 11.8 Å². The fourth-order valence-corrected chi connectivity index (χ4v) is 5.80. The lowest BCUT2D eigenvalue weighted by atomic mass is 9.57. The molecule has 4 N–H and O–H groups in total. The predicted molar refractivity (Wildman–Crippen MR) is 69.2 cm³/mol. The summed E-state index contributed by atoms with van der Waals surface area (Å²) in [7, 11) is 0. The van der Waals surface area contributed by atoms with Crippen LogP contribution in [-0.2, 0) is 0 Å². The number of nitrogens with two attached hydrogens (primary N) is 2. The highest BCUT2D eigenvalue weighted by Crippen LogP contribution is 2.66. The second-order valence-electron chi connectivity index (χ2n) is 7.49. The lowest BCUT2D eigenvalue weighted by Gasteiger charge is -2.53. The van der Waals surface area contributed by atoms with E-state index in [1.165, 1.54) is 25.7 Å². The Kier molecular flexibility index (Phi) is 1.74. The summed E-state index contributed by atoms with van der Waals surface area (Å²) < 4.78 is 0. The Morgan fingerprint density at radius 2 is 1.88 bits per heavy atom. The zero-order valence-electron chi connectivity index (χ0n) is 10.9. The molecule has 7 atom stereocenters. The molecule has 2 saturated carbocycles. The summed E-state index contributed by atoms with van der Waals surface area (Å²) in [4.78, 5) is 0. The molecular formula is C15H24N2. The van der Waals surface area contributed by atoms with Gasteiger partial charge in [-0.15, -0.1) is 0 Å². The molecule has 4 rings (SSSR count). The average Bonchev–Trinajstić information content (AvgIpc) is 2.85. The number of hydrogen-bond acceptors (Lipinski definition) is 2. The van der Waals surface area contributed by atoms with E-state index in [-0.39, 0.29) is 11.1 Å². The van der Waals surface area contributed by atoms with Crippen molar-refractivity contribution in [2.24, 2.45) is 41.1 Å². The molecule has 4 aliphatic carbocycles. The Hall–Kier alpha value is -0.340. The minimum atomic E-state index is -0.160. The van der Waals surface area contributed by atoms with Gasteiger partial charge in [0, 0.05) is 11.1 Å². The van der Waals surface area contributed by atoms with Gasteiger partial charge in [-0.2, -0.15) is 0 Å². The molecule has 2 fully saturated rings. The minimum absolute atomic E-state index is 0.157. The zero-order chi connectivity index (χ0) is 12.0. The Bertz CT molecular complexity index is 407. The Balaban J connectivity index is 1.79. The number of rotatable bonds is 0. The molecule has 7 unspecified atom stereocenters. The highest BCUT2D eigenvalue weighted by Gasteiger charge is 2.68. The van der Waals surface area contributed by atoms with Crippen molar-refractivity contribution in [2.45, 2.75) is 50.6 Å². The van der Waals surface area contributed by atoms with Gasteiger partial charge in [-0.25, -0.2) is 0 Å². The molecule has 4 aliphatic rings. The van der Waals surface area contributed by atoms with Crippen molar-refractivity contribution < 1.29 is 0 Å². The standard InChI is InChI=1S/C15H24N2/c1-14(16)11-7-12(15(14,2)17)13-9-4-3-8(5-9)6-10(11)13/h5,9-13H,3-4,6-7,16-17H2,1-2H3. The van der Waals surface area contributed by atoms with Crippen molar-refractivity contribution in [3.63, 3.8) is 0 Å². The van der Waals surface area contributed by atoms with E-state index in [4.69, 9.17) is 11.5 Å². The fourth-order valence-electron chi connectivity index (χ4n) is 5.80. The second-order valence-corrected chi connectivity index (χ2v) is 7.49. The van der Waals surface area contributed by atoms with E-state index in [0.717, 1.165) is 17.8 Å². The molecule has 2 heteroatoms. The maximum Gasteiger partial charge on any atom is 0.0340 e. The molecule has 0 aromatic heterocycles. The molecular weight excluding hydrogens is 208 g/mol. The fraction of sp³-hybridized carbons (Fsp3) is 0.867. The maximum absolute atomic E-state index is 6.63. The van der Waals surface area contributed by atoms with Crippen molar-refractivity contribution in [1.29, 1.82) is 0 Å². The van der Waals surface area contributed by atoms with E-state index < -0.39 is 0 Å². The van der Waals surface area contributed by atoms with Crippen LogP contribution in [-0.4, -0.2) is 11.1 Å². The predicted octanol–water partition coefficient (Wildman–Crippen LogP) is 2.04. The third-order valence-electron chi connectivity index (χ3n) is 6.93. The van der Waals surface area contributed by atoms with E-state index >= 15 is 0 Å². The van der Waals surface area contributed by atoms with Gasteiger partial charge in [-0.3, -0.25) is 0 Å². The quantitative estimate of drug-likeness (QED) is 0.628. The number of allylic oxidation sites excluding steroid dienone is 2. The van der Waals surface area contributed by atoms with Crippen LogP contribution in [0.1, 0.15) is 39.5 Å². The van der Waals surface area contributed by atoms with Gasteiger partial charge in [-0.05, 0) is 69.1 Å². The lowest BCUT2D eigenvalue weighted by Crippen LogP contribution is -2.69. The Morgan fingerprint density at radius 3 is 2.65 bits per heavy atom. The van der Waals surface area contributed by atoms with Gasteiger partial charge < -0.3 is 11.5 Å². The highest BCUT2D eigenvalue weighted by molar-refractivity contribution is 5.30.